The molecule has 0 bridgehead atoms. The van der Waals surface area contributed by atoms with Crippen molar-refractivity contribution in [2.24, 2.45) is 0 Å². The standard InChI is InChI=1S/C18H14FNOS2/c1-2-12-5-9-15(10-6-12)20-17(21)16(23-18(20)22)11-13-3-7-14(19)8-4-13/h3-11H,2H2,1H3. The average molecular weight is 343 g/mol. The van der Waals surface area contributed by atoms with Crippen LogP contribution in [0.2, 0.25) is 0 Å². The minimum atomic E-state index is -0.300. The zero-order valence-corrected chi connectivity index (χ0v) is 14.1. The Morgan fingerprint density at radius 2 is 1.78 bits per heavy atom. The van der Waals surface area contributed by atoms with Crippen molar-refractivity contribution >= 4 is 46.0 Å². The molecule has 0 aromatic heterocycles. The molecule has 1 fully saturated rings. The van der Waals surface area contributed by atoms with Crippen molar-refractivity contribution in [3.63, 3.8) is 0 Å². The second-order valence-electron chi connectivity index (χ2n) is 5.09. The smallest absolute Gasteiger partial charge is 0.268 e. The highest BCUT2D eigenvalue weighted by Crippen LogP contribution is 2.36. The molecule has 0 atom stereocenters. The SMILES string of the molecule is CCc1ccc(N2C(=O)C(=Cc3ccc(F)cc3)SC2=S)cc1. The fourth-order valence-corrected chi connectivity index (χ4v) is 3.58. The number of carbonyl (C=O) groups excluding carboxylic acids is 1. The number of halogens is 1. The van der Waals surface area contributed by atoms with Gasteiger partial charge in [0.25, 0.3) is 5.91 Å². The van der Waals surface area contributed by atoms with Crippen molar-refractivity contribution in [1.82, 2.24) is 0 Å². The lowest BCUT2D eigenvalue weighted by Crippen LogP contribution is -2.27. The van der Waals surface area contributed by atoms with Gasteiger partial charge < -0.3 is 0 Å². The molecule has 0 N–H and O–H groups in total. The van der Waals surface area contributed by atoms with Gasteiger partial charge in [-0.2, -0.15) is 0 Å². The zero-order valence-electron chi connectivity index (χ0n) is 12.5. The summed E-state index contributed by atoms with van der Waals surface area (Å²) in [6.45, 7) is 2.08. The normalized spacial score (nSPS) is 16.4. The Morgan fingerprint density at radius 1 is 1.13 bits per heavy atom. The maximum atomic E-state index is 13.0. The molecule has 0 radical (unpaired) electrons. The van der Waals surface area contributed by atoms with Gasteiger partial charge in [0.2, 0.25) is 0 Å². The van der Waals surface area contributed by atoms with Gasteiger partial charge in [0, 0.05) is 0 Å². The number of benzene rings is 2. The van der Waals surface area contributed by atoms with Crippen LogP contribution in [0.5, 0.6) is 0 Å². The average Bonchev–Trinajstić information content (AvgIpc) is 2.84. The summed E-state index contributed by atoms with van der Waals surface area (Å²) in [6, 6.07) is 13.8. The van der Waals surface area contributed by atoms with Gasteiger partial charge in [0.1, 0.15) is 5.82 Å². The van der Waals surface area contributed by atoms with Crippen LogP contribution in [0, 0.1) is 5.82 Å². The van der Waals surface area contributed by atoms with Crippen LogP contribution in [0.1, 0.15) is 18.1 Å². The number of thioether (sulfide) groups is 1. The molecule has 2 aromatic rings. The highest BCUT2D eigenvalue weighted by Gasteiger charge is 2.33. The minimum Gasteiger partial charge on any atom is -0.268 e. The Bertz CT molecular complexity index is 782. The van der Waals surface area contributed by atoms with E-state index in [1.807, 2.05) is 24.3 Å². The molecular formula is C18H14FNOS2. The van der Waals surface area contributed by atoms with Crippen molar-refractivity contribution in [3.8, 4) is 0 Å². The maximum Gasteiger partial charge on any atom is 0.270 e. The van der Waals surface area contributed by atoms with Crippen molar-refractivity contribution < 1.29 is 9.18 Å². The quantitative estimate of drug-likeness (QED) is 0.590. The van der Waals surface area contributed by atoms with E-state index in [0.717, 1.165) is 17.7 Å². The van der Waals surface area contributed by atoms with Gasteiger partial charge in [-0.25, -0.2) is 4.39 Å². The molecule has 1 amide bonds. The fraction of sp³-hybridized carbons (Fsp3) is 0.111. The molecule has 0 saturated carbocycles. The third-order valence-corrected chi connectivity index (χ3v) is 4.87. The highest BCUT2D eigenvalue weighted by molar-refractivity contribution is 8.27. The Labute approximate surface area is 144 Å². The van der Waals surface area contributed by atoms with E-state index >= 15 is 0 Å². The number of carbonyl (C=O) groups is 1. The molecular weight excluding hydrogens is 329 g/mol. The van der Waals surface area contributed by atoms with Crippen LogP contribution in [-0.4, -0.2) is 10.2 Å². The van der Waals surface area contributed by atoms with Gasteiger partial charge in [-0.05, 0) is 47.9 Å². The molecule has 1 saturated heterocycles. The largest absolute Gasteiger partial charge is 0.270 e. The molecule has 23 heavy (non-hydrogen) atoms. The summed E-state index contributed by atoms with van der Waals surface area (Å²) in [7, 11) is 0. The Morgan fingerprint density at radius 3 is 2.39 bits per heavy atom. The first-order valence-electron chi connectivity index (χ1n) is 7.21. The molecule has 0 aliphatic carbocycles. The maximum absolute atomic E-state index is 13.0. The first-order chi connectivity index (χ1) is 11.1. The molecule has 0 spiro atoms. The molecule has 2 nitrogen and oxygen atoms in total. The number of amides is 1. The second kappa shape index (κ2) is 6.64. The molecule has 5 heteroatoms. The molecule has 1 heterocycles. The van der Waals surface area contributed by atoms with Gasteiger partial charge in [-0.3, -0.25) is 9.69 Å². The zero-order chi connectivity index (χ0) is 16.4. The third kappa shape index (κ3) is 3.35. The summed E-state index contributed by atoms with van der Waals surface area (Å²) in [5.41, 5.74) is 2.75. The molecule has 1 aliphatic heterocycles. The third-order valence-electron chi connectivity index (χ3n) is 3.56. The van der Waals surface area contributed by atoms with E-state index in [2.05, 4.69) is 6.92 Å². The van der Waals surface area contributed by atoms with Crippen LogP contribution in [0.25, 0.3) is 6.08 Å². The lowest BCUT2D eigenvalue weighted by Gasteiger charge is -2.14. The number of anilines is 1. The molecule has 3 rings (SSSR count). The predicted octanol–water partition coefficient (Wildman–Crippen LogP) is 4.79. The van der Waals surface area contributed by atoms with Crippen LogP contribution >= 0.6 is 24.0 Å². The van der Waals surface area contributed by atoms with Crippen LogP contribution in [0.15, 0.2) is 53.4 Å². The summed E-state index contributed by atoms with van der Waals surface area (Å²) in [5, 5.41) is 0. The molecule has 1 aliphatic rings. The minimum absolute atomic E-state index is 0.145. The van der Waals surface area contributed by atoms with E-state index in [9.17, 15) is 9.18 Å². The number of nitrogens with zero attached hydrogens (tertiary/aromatic N) is 1. The summed E-state index contributed by atoms with van der Waals surface area (Å²) in [4.78, 5) is 14.7. The number of aryl methyl sites for hydroxylation is 1. The van der Waals surface area contributed by atoms with Gasteiger partial charge in [-0.15, -0.1) is 0 Å². The first-order valence-corrected chi connectivity index (χ1v) is 8.43. The summed E-state index contributed by atoms with van der Waals surface area (Å²) in [5.74, 6) is -0.445. The highest BCUT2D eigenvalue weighted by atomic mass is 32.2. The van der Waals surface area contributed by atoms with Crippen LogP contribution < -0.4 is 4.90 Å². The Balaban J connectivity index is 1.88. The van der Waals surface area contributed by atoms with Crippen LogP contribution in [0.4, 0.5) is 10.1 Å². The van der Waals surface area contributed by atoms with Gasteiger partial charge >= 0.3 is 0 Å². The van der Waals surface area contributed by atoms with Crippen molar-refractivity contribution in [3.05, 3.63) is 70.4 Å². The lowest BCUT2D eigenvalue weighted by molar-refractivity contribution is -0.113. The monoisotopic (exact) mass is 343 g/mol. The van der Waals surface area contributed by atoms with E-state index in [0.29, 0.717) is 9.23 Å². The topological polar surface area (TPSA) is 20.3 Å². The van der Waals surface area contributed by atoms with E-state index < -0.39 is 0 Å². The Hall–Kier alpha value is -1.98. The number of rotatable bonds is 3. The number of thiocarbonyl (C=S) groups is 1. The van der Waals surface area contributed by atoms with Crippen molar-refractivity contribution in [1.29, 1.82) is 0 Å². The summed E-state index contributed by atoms with van der Waals surface area (Å²) in [6.07, 6.45) is 2.68. The Kier molecular flexibility index (Phi) is 4.59. The molecule has 0 unspecified atom stereocenters. The van der Waals surface area contributed by atoms with Crippen molar-refractivity contribution in [2.45, 2.75) is 13.3 Å². The summed E-state index contributed by atoms with van der Waals surface area (Å²) < 4.78 is 13.5. The van der Waals surface area contributed by atoms with Crippen LogP contribution in [0.3, 0.4) is 0 Å². The number of hydrogen-bond acceptors (Lipinski definition) is 3. The van der Waals surface area contributed by atoms with E-state index in [-0.39, 0.29) is 11.7 Å². The van der Waals surface area contributed by atoms with Gasteiger partial charge in [0.15, 0.2) is 4.32 Å². The van der Waals surface area contributed by atoms with E-state index in [1.54, 1.807) is 18.2 Å². The fourth-order valence-electron chi connectivity index (χ4n) is 2.28. The molecule has 116 valence electrons. The second-order valence-corrected chi connectivity index (χ2v) is 6.76. The van der Waals surface area contributed by atoms with Crippen LogP contribution in [-0.2, 0) is 11.2 Å². The van der Waals surface area contributed by atoms with Crippen molar-refractivity contribution in [2.75, 3.05) is 4.90 Å². The lowest BCUT2D eigenvalue weighted by atomic mass is 10.1. The van der Waals surface area contributed by atoms with Gasteiger partial charge in [-0.1, -0.05) is 55.2 Å². The first kappa shape index (κ1) is 15.9. The molecule has 2 aromatic carbocycles. The predicted molar refractivity (Wildman–Crippen MR) is 97.9 cm³/mol. The van der Waals surface area contributed by atoms with Gasteiger partial charge in [0.05, 0.1) is 10.6 Å². The van der Waals surface area contributed by atoms with E-state index in [4.69, 9.17) is 12.2 Å². The van der Waals surface area contributed by atoms with E-state index in [1.165, 1.54) is 34.4 Å². The number of hydrogen-bond donors (Lipinski definition) is 0. The summed E-state index contributed by atoms with van der Waals surface area (Å²) >= 11 is 6.60.